The lowest BCUT2D eigenvalue weighted by Gasteiger charge is -2.13. The van der Waals surface area contributed by atoms with E-state index in [1.807, 2.05) is 0 Å². The number of ether oxygens (including phenoxy) is 1. The van der Waals surface area contributed by atoms with E-state index < -0.39 is 10.0 Å². The second-order valence-corrected chi connectivity index (χ2v) is 7.25. The Bertz CT molecular complexity index is 1120. The van der Waals surface area contributed by atoms with Crippen LogP contribution >= 0.6 is 0 Å². The van der Waals surface area contributed by atoms with Gasteiger partial charge in [0.15, 0.2) is 0 Å². The van der Waals surface area contributed by atoms with Gasteiger partial charge in [-0.15, -0.1) is 0 Å². The third-order valence-electron chi connectivity index (χ3n) is 4.13. The van der Waals surface area contributed by atoms with E-state index in [1.54, 1.807) is 48.5 Å². The normalized spacial score (nSPS) is 12.9. The topological polar surface area (TPSA) is 84.5 Å². The van der Waals surface area contributed by atoms with Crippen molar-refractivity contribution in [2.45, 2.75) is 4.90 Å². The summed E-state index contributed by atoms with van der Waals surface area (Å²) in [4.78, 5) is 12.1. The molecular weight excluding hydrogens is 340 g/mol. The lowest BCUT2D eigenvalue weighted by atomic mass is 10.1. The molecule has 0 bridgehead atoms. The molecule has 1 aliphatic rings. The number of rotatable bonds is 4. The molecule has 1 heterocycles. The first-order valence-electron chi connectivity index (χ1n) is 7.54. The summed E-state index contributed by atoms with van der Waals surface area (Å²) in [5.74, 6) is 0.196. The van der Waals surface area contributed by atoms with E-state index in [-0.39, 0.29) is 10.8 Å². The molecule has 3 aromatic carbocycles. The number of carbonyl (C=O) groups excluding carboxylic acids is 1. The van der Waals surface area contributed by atoms with Crippen molar-refractivity contribution in [1.82, 2.24) is 0 Å². The van der Waals surface area contributed by atoms with Crippen LogP contribution in [0.5, 0.6) is 5.75 Å². The van der Waals surface area contributed by atoms with Crippen molar-refractivity contribution >= 4 is 38.1 Å². The van der Waals surface area contributed by atoms with Crippen molar-refractivity contribution in [3.63, 3.8) is 0 Å². The van der Waals surface area contributed by atoms with Crippen LogP contribution in [0.1, 0.15) is 10.4 Å². The maximum Gasteiger partial charge on any atom is 0.262 e. The molecule has 0 fully saturated rings. The van der Waals surface area contributed by atoms with Crippen molar-refractivity contribution in [2.75, 3.05) is 17.1 Å². The fraction of sp³-hybridized carbons (Fsp3) is 0.0556. The first-order valence-corrected chi connectivity index (χ1v) is 9.02. The van der Waals surface area contributed by atoms with Crippen LogP contribution < -0.4 is 14.8 Å². The van der Waals surface area contributed by atoms with Gasteiger partial charge in [-0.2, -0.15) is 0 Å². The summed E-state index contributed by atoms with van der Waals surface area (Å²) in [7, 11) is -2.39. The quantitative estimate of drug-likeness (QED) is 0.753. The monoisotopic (exact) mass is 354 g/mol. The lowest BCUT2D eigenvalue weighted by Crippen LogP contribution is -2.14. The van der Waals surface area contributed by atoms with Crippen LogP contribution in [0.2, 0.25) is 0 Å². The van der Waals surface area contributed by atoms with E-state index in [9.17, 15) is 13.2 Å². The maximum absolute atomic E-state index is 12.9. The summed E-state index contributed by atoms with van der Waals surface area (Å²) in [5.41, 5.74) is 1.44. The molecule has 0 atom stereocenters. The number of amides is 1. The number of benzene rings is 3. The zero-order chi connectivity index (χ0) is 17.6. The van der Waals surface area contributed by atoms with Crippen LogP contribution in [0.25, 0.3) is 10.8 Å². The molecule has 0 radical (unpaired) electrons. The summed E-state index contributed by atoms with van der Waals surface area (Å²) >= 11 is 0. The zero-order valence-corrected chi connectivity index (χ0v) is 14.1. The van der Waals surface area contributed by atoms with Crippen LogP contribution in [0, 0.1) is 0 Å². The molecule has 0 saturated heterocycles. The number of carbonyl (C=O) groups is 1. The Kier molecular flexibility index (Phi) is 3.40. The molecule has 0 aliphatic carbocycles. The number of methoxy groups -OCH3 is 1. The van der Waals surface area contributed by atoms with Crippen molar-refractivity contribution in [3.8, 4) is 5.75 Å². The van der Waals surface area contributed by atoms with Gasteiger partial charge in [-0.25, -0.2) is 8.42 Å². The predicted octanol–water partition coefficient (Wildman–Crippen LogP) is 3.21. The number of hydrogen-bond donors (Lipinski definition) is 2. The van der Waals surface area contributed by atoms with Gasteiger partial charge in [-0.05, 0) is 30.3 Å². The molecule has 3 aromatic rings. The minimum atomic E-state index is -3.86. The van der Waals surface area contributed by atoms with Crippen LogP contribution in [-0.4, -0.2) is 21.4 Å². The molecule has 1 amide bonds. The third-order valence-corrected chi connectivity index (χ3v) is 5.56. The Balaban J connectivity index is 1.87. The summed E-state index contributed by atoms with van der Waals surface area (Å²) < 4.78 is 33.6. The van der Waals surface area contributed by atoms with Gasteiger partial charge in [0, 0.05) is 22.0 Å². The van der Waals surface area contributed by atoms with Gasteiger partial charge in [0.2, 0.25) is 0 Å². The fourth-order valence-corrected chi connectivity index (χ4v) is 4.30. The van der Waals surface area contributed by atoms with Gasteiger partial charge in [0.25, 0.3) is 15.9 Å². The third kappa shape index (κ3) is 2.40. The molecule has 126 valence electrons. The van der Waals surface area contributed by atoms with Crippen LogP contribution in [0.3, 0.4) is 0 Å². The molecule has 0 spiro atoms. The Morgan fingerprint density at radius 1 is 1.00 bits per heavy atom. The van der Waals surface area contributed by atoms with Crippen molar-refractivity contribution in [1.29, 1.82) is 0 Å². The molecular formula is C18H14N2O4S. The molecule has 0 unspecified atom stereocenters. The summed E-state index contributed by atoms with van der Waals surface area (Å²) in [5, 5.41) is 3.86. The fourth-order valence-electron chi connectivity index (χ4n) is 3.03. The average molecular weight is 354 g/mol. The molecule has 0 aromatic heterocycles. The van der Waals surface area contributed by atoms with E-state index >= 15 is 0 Å². The van der Waals surface area contributed by atoms with E-state index in [2.05, 4.69) is 10.0 Å². The Morgan fingerprint density at radius 2 is 1.80 bits per heavy atom. The number of hydrogen-bond acceptors (Lipinski definition) is 4. The zero-order valence-electron chi connectivity index (χ0n) is 13.2. The highest BCUT2D eigenvalue weighted by Crippen LogP contribution is 2.37. The first kappa shape index (κ1) is 15.5. The summed E-state index contributed by atoms with van der Waals surface area (Å²) in [6.45, 7) is 0. The minimum absolute atomic E-state index is 0.107. The smallest absolute Gasteiger partial charge is 0.262 e. The Morgan fingerprint density at radius 3 is 2.60 bits per heavy atom. The van der Waals surface area contributed by atoms with Crippen molar-refractivity contribution < 1.29 is 17.9 Å². The SMILES string of the molecule is COc1ccccc1NS(=O)(=O)c1ccc2c3c(cccc13)C(=O)N2. The molecule has 25 heavy (non-hydrogen) atoms. The number of anilines is 2. The van der Waals surface area contributed by atoms with E-state index in [1.165, 1.54) is 13.2 Å². The molecule has 6 nitrogen and oxygen atoms in total. The van der Waals surface area contributed by atoms with E-state index in [0.29, 0.717) is 33.5 Å². The van der Waals surface area contributed by atoms with Crippen LogP contribution in [-0.2, 0) is 10.0 Å². The second-order valence-electron chi connectivity index (χ2n) is 5.60. The first-order chi connectivity index (χ1) is 12.0. The maximum atomic E-state index is 12.9. The summed E-state index contributed by atoms with van der Waals surface area (Å²) in [6, 6.07) is 14.9. The number of para-hydroxylation sites is 2. The average Bonchev–Trinajstić information content (AvgIpc) is 2.93. The second kappa shape index (κ2) is 5.49. The lowest BCUT2D eigenvalue weighted by molar-refractivity contribution is 0.103. The largest absolute Gasteiger partial charge is 0.495 e. The Hall–Kier alpha value is -3.06. The predicted molar refractivity (Wildman–Crippen MR) is 95.7 cm³/mol. The minimum Gasteiger partial charge on any atom is -0.495 e. The summed E-state index contributed by atoms with van der Waals surface area (Å²) in [6.07, 6.45) is 0. The van der Waals surface area contributed by atoms with Crippen LogP contribution in [0.15, 0.2) is 59.5 Å². The molecule has 2 N–H and O–H groups in total. The molecule has 4 rings (SSSR count). The van der Waals surface area contributed by atoms with Gasteiger partial charge in [-0.1, -0.05) is 24.3 Å². The molecule has 7 heteroatoms. The molecule has 0 saturated carbocycles. The molecule has 1 aliphatic heterocycles. The van der Waals surface area contributed by atoms with Gasteiger partial charge < -0.3 is 10.1 Å². The highest BCUT2D eigenvalue weighted by molar-refractivity contribution is 7.93. The standard InChI is InChI=1S/C18H14N2O4S/c1-24-15-8-3-2-7-13(15)20-25(22,23)16-10-9-14-17-11(16)5-4-6-12(17)18(21)19-14/h2-10,20H,1H3,(H,19,21). The van der Waals surface area contributed by atoms with Crippen molar-refractivity contribution in [3.05, 3.63) is 60.2 Å². The van der Waals surface area contributed by atoms with Crippen molar-refractivity contribution in [2.24, 2.45) is 0 Å². The van der Waals surface area contributed by atoms with Gasteiger partial charge in [0.1, 0.15) is 5.75 Å². The number of nitrogens with one attached hydrogen (secondary N) is 2. The number of sulfonamides is 1. The highest BCUT2D eigenvalue weighted by atomic mass is 32.2. The van der Waals surface area contributed by atoms with Gasteiger partial charge in [-0.3, -0.25) is 9.52 Å². The van der Waals surface area contributed by atoms with E-state index in [4.69, 9.17) is 4.74 Å². The Labute approximate surface area is 144 Å². The van der Waals surface area contributed by atoms with Crippen LogP contribution in [0.4, 0.5) is 11.4 Å². The van der Waals surface area contributed by atoms with Gasteiger partial charge >= 0.3 is 0 Å². The highest BCUT2D eigenvalue weighted by Gasteiger charge is 2.26. The van der Waals surface area contributed by atoms with Gasteiger partial charge in [0.05, 0.1) is 17.7 Å². The van der Waals surface area contributed by atoms with E-state index in [0.717, 1.165) is 0 Å².